The Morgan fingerprint density at radius 1 is 1.31 bits per heavy atom. The maximum absolute atomic E-state index is 12.0. The first-order valence-corrected chi connectivity index (χ1v) is 5.92. The monoisotopic (exact) mass is 215 g/mol. The summed E-state index contributed by atoms with van der Waals surface area (Å²) in [5.41, 5.74) is 3.05. The van der Waals surface area contributed by atoms with Gasteiger partial charge >= 0.3 is 0 Å². The van der Waals surface area contributed by atoms with E-state index in [-0.39, 0.29) is 5.78 Å². The fourth-order valence-electron chi connectivity index (χ4n) is 2.14. The molecule has 0 aromatic carbocycles. The van der Waals surface area contributed by atoms with Crippen molar-refractivity contribution >= 4 is 5.78 Å². The number of carbonyl (C=O) groups excluding carboxylic acids is 1. The van der Waals surface area contributed by atoms with Crippen molar-refractivity contribution < 1.29 is 4.79 Å². The third-order valence-corrected chi connectivity index (χ3v) is 3.14. The van der Waals surface area contributed by atoms with Crippen LogP contribution in [-0.2, 0) is 0 Å². The van der Waals surface area contributed by atoms with Crippen LogP contribution in [0.4, 0.5) is 0 Å². The number of ketones is 1. The molecule has 1 aliphatic carbocycles. The minimum absolute atomic E-state index is 0.113. The Morgan fingerprint density at radius 3 is 2.75 bits per heavy atom. The van der Waals surface area contributed by atoms with Gasteiger partial charge in [-0.25, -0.2) is 0 Å². The minimum atomic E-state index is 0.113. The number of carbonyl (C=O) groups is 1. The molecule has 0 aliphatic heterocycles. The van der Waals surface area contributed by atoms with Crippen molar-refractivity contribution in [3.63, 3.8) is 0 Å². The molecule has 0 amide bonds. The number of pyridine rings is 1. The fourth-order valence-corrected chi connectivity index (χ4v) is 2.14. The van der Waals surface area contributed by atoms with Crippen molar-refractivity contribution in [3.8, 4) is 0 Å². The lowest BCUT2D eigenvalue weighted by Crippen LogP contribution is -2.02. The number of rotatable bonds is 2. The Balaban J connectivity index is 2.16. The highest BCUT2D eigenvalue weighted by Crippen LogP contribution is 2.23. The first-order valence-electron chi connectivity index (χ1n) is 5.92. The average molecular weight is 215 g/mol. The van der Waals surface area contributed by atoms with E-state index in [9.17, 15) is 4.79 Å². The smallest absolute Gasteiger partial charge is 0.187 e. The molecule has 1 aromatic heterocycles. The summed E-state index contributed by atoms with van der Waals surface area (Å²) < 4.78 is 0. The predicted octanol–water partition coefficient (Wildman–Crippen LogP) is 3.46. The van der Waals surface area contributed by atoms with Gasteiger partial charge in [-0.15, -0.1) is 0 Å². The summed E-state index contributed by atoms with van der Waals surface area (Å²) in [5.74, 6) is 0.113. The van der Waals surface area contributed by atoms with Gasteiger partial charge in [-0.1, -0.05) is 12.0 Å². The van der Waals surface area contributed by atoms with Crippen molar-refractivity contribution in [2.45, 2.75) is 39.0 Å². The molecule has 0 N–H and O–H groups in total. The van der Waals surface area contributed by atoms with E-state index in [4.69, 9.17) is 0 Å². The summed E-state index contributed by atoms with van der Waals surface area (Å²) in [4.78, 5) is 16.0. The average Bonchev–Trinajstić information content (AvgIpc) is 2.31. The van der Waals surface area contributed by atoms with Crippen LogP contribution in [0.25, 0.3) is 0 Å². The second kappa shape index (κ2) is 5.06. The number of allylic oxidation sites excluding steroid dienone is 2. The van der Waals surface area contributed by atoms with Crippen molar-refractivity contribution in [2.24, 2.45) is 0 Å². The quantitative estimate of drug-likeness (QED) is 0.558. The van der Waals surface area contributed by atoms with E-state index in [0.717, 1.165) is 24.0 Å². The molecule has 0 bridgehead atoms. The molecule has 84 valence electrons. The molecule has 1 aliphatic rings. The summed E-state index contributed by atoms with van der Waals surface area (Å²) in [5, 5.41) is 0. The normalized spacial score (nSPS) is 15.9. The van der Waals surface area contributed by atoms with Gasteiger partial charge in [0.05, 0.1) is 0 Å². The molecule has 1 heterocycles. The van der Waals surface area contributed by atoms with Gasteiger partial charge in [0.2, 0.25) is 0 Å². The zero-order chi connectivity index (χ0) is 11.4. The molecule has 0 atom stereocenters. The molecule has 1 saturated carbocycles. The summed E-state index contributed by atoms with van der Waals surface area (Å²) in [6, 6.07) is 1.88. The van der Waals surface area contributed by atoms with E-state index in [1.165, 1.54) is 24.8 Å². The van der Waals surface area contributed by atoms with Gasteiger partial charge in [0.1, 0.15) is 0 Å². The van der Waals surface area contributed by atoms with Gasteiger partial charge in [0.15, 0.2) is 5.78 Å². The molecule has 2 rings (SSSR count). The zero-order valence-corrected chi connectivity index (χ0v) is 9.70. The fraction of sp³-hybridized carbons (Fsp3) is 0.429. The van der Waals surface area contributed by atoms with Crippen LogP contribution in [0.1, 0.15) is 48.0 Å². The number of hydrogen-bond acceptors (Lipinski definition) is 2. The highest BCUT2D eigenvalue weighted by Gasteiger charge is 2.10. The SMILES string of the molecule is Cc1ccncc1C(=O)C=C1CCCCC1. The van der Waals surface area contributed by atoms with E-state index in [2.05, 4.69) is 4.98 Å². The molecular weight excluding hydrogens is 198 g/mol. The van der Waals surface area contributed by atoms with Crippen molar-refractivity contribution in [1.29, 1.82) is 0 Å². The molecule has 1 fully saturated rings. The molecule has 2 nitrogen and oxygen atoms in total. The lowest BCUT2D eigenvalue weighted by Gasteiger charge is -2.13. The second-order valence-electron chi connectivity index (χ2n) is 4.42. The van der Waals surface area contributed by atoms with Crippen LogP contribution >= 0.6 is 0 Å². The van der Waals surface area contributed by atoms with Crippen molar-refractivity contribution in [3.05, 3.63) is 41.2 Å². The maximum Gasteiger partial charge on any atom is 0.187 e. The van der Waals surface area contributed by atoms with Gasteiger partial charge < -0.3 is 0 Å². The Labute approximate surface area is 96.4 Å². The summed E-state index contributed by atoms with van der Waals surface area (Å²) >= 11 is 0. The Kier molecular flexibility index (Phi) is 3.50. The molecule has 0 unspecified atom stereocenters. The number of nitrogens with zero attached hydrogens (tertiary/aromatic N) is 1. The maximum atomic E-state index is 12.0. The molecule has 0 spiro atoms. The van der Waals surface area contributed by atoms with Gasteiger partial charge in [-0.05, 0) is 50.3 Å². The molecular formula is C14H17NO. The Hall–Kier alpha value is -1.44. The van der Waals surface area contributed by atoms with Gasteiger partial charge in [0.25, 0.3) is 0 Å². The van der Waals surface area contributed by atoms with Crippen molar-refractivity contribution in [1.82, 2.24) is 4.98 Å². The van der Waals surface area contributed by atoms with Gasteiger partial charge in [-0.3, -0.25) is 9.78 Å². The summed E-state index contributed by atoms with van der Waals surface area (Å²) in [7, 11) is 0. The largest absolute Gasteiger partial charge is 0.289 e. The lowest BCUT2D eigenvalue weighted by atomic mass is 9.93. The van der Waals surface area contributed by atoms with Crippen molar-refractivity contribution in [2.75, 3.05) is 0 Å². The zero-order valence-electron chi connectivity index (χ0n) is 9.70. The van der Waals surface area contributed by atoms with E-state index in [0.29, 0.717) is 0 Å². The number of hydrogen-bond donors (Lipinski definition) is 0. The van der Waals surface area contributed by atoms with E-state index in [1.807, 2.05) is 19.1 Å². The van der Waals surface area contributed by atoms with E-state index >= 15 is 0 Å². The number of aryl methyl sites for hydroxylation is 1. The number of aromatic nitrogens is 1. The van der Waals surface area contributed by atoms with Crippen LogP contribution in [0.2, 0.25) is 0 Å². The van der Waals surface area contributed by atoms with E-state index in [1.54, 1.807) is 12.4 Å². The third kappa shape index (κ3) is 2.57. The topological polar surface area (TPSA) is 30.0 Å². The standard InChI is InChI=1S/C14H17NO/c1-11-7-8-15-10-13(11)14(16)9-12-5-3-2-4-6-12/h7-10H,2-6H2,1H3. The minimum Gasteiger partial charge on any atom is -0.289 e. The molecule has 0 radical (unpaired) electrons. The molecule has 0 saturated heterocycles. The van der Waals surface area contributed by atoms with E-state index < -0.39 is 0 Å². The first kappa shape index (κ1) is 11.1. The van der Waals surface area contributed by atoms with Crippen LogP contribution < -0.4 is 0 Å². The second-order valence-corrected chi connectivity index (χ2v) is 4.42. The molecule has 16 heavy (non-hydrogen) atoms. The molecule has 1 aromatic rings. The van der Waals surface area contributed by atoms with Gasteiger partial charge in [0, 0.05) is 18.0 Å². The van der Waals surface area contributed by atoms with Crippen LogP contribution in [0.5, 0.6) is 0 Å². The third-order valence-electron chi connectivity index (χ3n) is 3.14. The van der Waals surface area contributed by atoms with Crippen LogP contribution in [0, 0.1) is 6.92 Å². The van der Waals surface area contributed by atoms with Gasteiger partial charge in [-0.2, -0.15) is 0 Å². The summed E-state index contributed by atoms with van der Waals surface area (Å²) in [6.07, 6.45) is 11.1. The van der Waals surface area contributed by atoms with Crippen LogP contribution in [-0.4, -0.2) is 10.8 Å². The van der Waals surface area contributed by atoms with Crippen LogP contribution in [0.15, 0.2) is 30.1 Å². The highest BCUT2D eigenvalue weighted by atomic mass is 16.1. The molecule has 2 heteroatoms. The highest BCUT2D eigenvalue weighted by molar-refractivity contribution is 6.05. The van der Waals surface area contributed by atoms with Crippen LogP contribution in [0.3, 0.4) is 0 Å². The first-order chi connectivity index (χ1) is 7.77. The predicted molar refractivity (Wildman–Crippen MR) is 64.5 cm³/mol. The Morgan fingerprint density at radius 2 is 2.06 bits per heavy atom. The Bertz CT molecular complexity index is 412. The lowest BCUT2D eigenvalue weighted by molar-refractivity contribution is 0.104. The summed E-state index contributed by atoms with van der Waals surface area (Å²) in [6.45, 7) is 1.95.